The number of nitrogens with zero attached hydrogens (tertiary/aromatic N) is 2. The summed E-state index contributed by atoms with van der Waals surface area (Å²) in [6.07, 6.45) is 0.907. The van der Waals surface area contributed by atoms with Crippen molar-refractivity contribution in [3.05, 3.63) is 129 Å². The van der Waals surface area contributed by atoms with Crippen LogP contribution in [0.5, 0.6) is 0 Å². The average molecular weight is 695 g/mol. The van der Waals surface area contributed by atoms with Crippen LogP contribution in [0.15, 0.2) is 95.9 Å². The van der Waals surface area contributed by atoms with E-state index in [0.29, 0.717) is 33.3 Å². The third kappa shape index (κ3) is 9.15. The number of aryl methyl sites for hydroxylation is 3. The van der Waals surface area contributed by atoms with E-state index >= 15 is 0 Å². The van der Waals surface area contributed by atoms with Crippen molar-refractivity contribution in [2.45, 2.75) is 71.0 Å². The molecule has 2 amide bonds. The molecule has 0 unspecified atom stereocenters. The fourth-order valence-corrected chi connectivity index (χ4v) is 7.07. The van der Waals surface area contributed by atoms with Gasteiger partial charge in [0.2, 0.25) is 11.8 Å². The molecule has 0 aliphatic heterocycles. The molecule has 7 nitrogen and oxygen atoms in total. The highest BCUT2D eigenvalue weighted by atomic mass is 35.5. The van der Waals surface area contributed by atoms with E-state index in [1.165, 1.54) is 17.0 Å². The Morgan fingerprint density at radius 2 is 1.47 bits per heavy atom. The summed E-state index contributed by atoms with van der Waals surface area (Å²) < 4.78 is 29.7. The SMILES string of the molecule is CC[C@@H](C)NC(=O)[C@@H](Cc1ccccc1)N(Cc1ccc(Cl)c(Cl)c1)C(=O)CN(c1ccc(C)cc1C)S(=O)(=O)c1ccc(C)cc1. The molecule has 0 spiro atoms. The molecule has 2 atom stereocenters. The zero-order chi connectivity index (χ0) is 34.3. The first kappa shape index (κ1) is 36.0. The number of rotatable bonds is 13. The van der Waals surface area contributed by atoms with Crippen LogP contribution in [-0.4, -0.2) is 43.8 Å². The zero-order valence-electron chi connectivity index (χ0n) is 27.3. The van der Waals surface area contributed by atoms with E-state index in [4.69, 9.17) is 23.2 Å². The fourth-order valence-electron chi connectivity index (χ4n) is 5.27. The van der Waals surface area contributed by atoms with Crippen molar-refractivity contribution < 1.29 is 18.0 Å². The number of amides is 2. The van der Waals surface area contributed by atoms with Crippen molar-refractivity contribution >= 4 is 50.7 Å². The van der Waals surface area contributed by atoms with Gasteiger partial charge in [-0.2, -0.15) is 0 Å². The first-order valence-electron chi connectivity index (χ1n) is 15.5. The molecule has 0 aliphatic rings. The number of nitrogens with one attached hydrogen (secondary N) is 1. The maximum absolute atomic E-state index is 14.7. The maximum atomic E-state index is 14.7. The van der Waals surface area contributed by atoms with Crippen molar-refractivity contribution in [3.8, 4) is 0 Å². The van der Waals surface area contributed by atoms with Gasteiger partial charge in [0.05, 0.1) is 20.6 Å². The highest BCUT2D eigenvalue weighted by Crippen LogP contribution is 2.29. The van der Waals surface area contributed by atoms with Gasteiger partial charge < -0.3 is 10.2 Å². The monoisotopic (exact) mass is 693 g/mol. The molecule has 47 heavy (non-hydrogen) atoms. The molecule has 0 saturated carbocycles. The first-order chi connectivity index (χ1) is 22.3. The second-order valence-corrected chi connectivity index (χ2v) is 14.6. The van der Waals surface area contributed by atoms with Crippen LogP contribution in [0.1, 0.15) is 48.1 Å². The Kier molecular flexibility index (Phi) is 12.1. The topological polar surface area (TPSA) is 86.8 Å². The smallest absolute Gasteiger partial charge is 0.264 e. The Morgan fingerprint density at radius 1 is 0.809 bits per heavy atom. The number of carbonyl (C=O) groups is 2. The van der Waals surface area contributed by atoms with Gasteiger partial charge in [-0.15, -0.1) is 0 Å². The van der Waals surface area contributed by atoms with Crippen LogP contribution < -0.4 is 9.62 Å². The largest absolute Gasteiger partial charge is 0.352 e. The van der Waals surface area contributed by atoms with Crippen LogP contribution in [0.25, 0.3) is 0 Å². The standard InChI is InChI=1S/C37H41Cl2N3O4S/c1-6-28(5)40-37(44)35(22-29-10-8-7-9-11-29)41(23-30-15-18-32(38)33(39)21-30)36(43)24-42(34-19-14-26(3)20-27(34)4)47(45,46)31-16-12-25(2)13-17-31/h7-21,28,35H,6,22-24H2,1-5H3,(H,40,44)/t28-,35-/m1/s1. The van der Waals surface area contributed by atoms with Gasteiger partial charge in [0.1, 0.15) is 12.6 Å². The molecule has 0 radical (unpaired) electrons. The molecule has 0 heterocycles. The predicted molar refractivity (Wildman–Crippen MR) is 190 cm³/mol. The first-order valence-corrected chi connectivity index (χ1v) is 17.7. The van der Waals surface area contributed by atoms with Gasteiger partial charge in [0.25, 0.3) is 10.0 Å². The summed E-state index contributed by atoms with van der Waals surface area (Å²) in [7, 11) is -4.20. The molecule has 0 aliphatic carbocycles. The van der Waals surface area contributed by atoms with E-state index in [9.17, 15) is 18.0 Å². The van der Waals surface area contributed by atoms with E-state index < -0.39 is 28.5 Å². The van der Waals surface area contributed by atoms with E-state index in [-0.39, 0.29) is 29.8 Å². The van der Waals surface area contributed by atoms with Crippen LogP contribution in [0.2, 0.25) is 10.0 Å². The molecule has 1 N–H and O–H groups in total. The molecule has 0 bridgehead atoms. The molecule has 4 rings (SSSR count). The van der Waals surface area contributed by atoms with Crippen LogP contribution in [-0.2, 0) is 32.6 Å². The molecule has 0 aromatic heterocycles. The average Bonchev–Trinajstić information content (AvgIpc) is 3.04. The molecule has 10 heteroatoms. The van der Waals surface area contributed by atoms with Gasteiger partial charge in [-0.25, -0.2) is 8.42 Å². The molecule has 0 fully saturated rings. The van der Waals surface area contributed by atoms with Crippen LogP contribution in [0.4, 0.5) is 5.69 Å². The van der Waals surface area contributed by atoms with Gasteiger partial charge in [-0.05, 0) is 81.1 Å². The number of anilines is 1. The summed E-state index contributed by atoms with van der Waals surface area (Å²) in [5.41, 5.74) is 4.42. The number of carbonyl (C=O) groups excluding carboxylic acids is 2. The minimum atomic E-state index is -4.20. The van der Waals surface area contributed by atoms with Gasteiger partial charge in [0.15, 0.2) is 0 Å². The summed E-state index contributed by atoms with van der Waals surface area (Å²) >= 11 is 12.6. The zero-order valence-corrected chi connectivity index (χ0v) is 29.7. The highest BCUT2D eigenvalue weighted by molar-refractivity contribution is 7.92. The van der Waals surface area contributed by atoms with Gasteiger partial charge >= 0.3 is 0 Å². The third-order valence-electron chi connectivity index (χ3n) is 8.12. The Bertz CT molecular complexity index is 1820. The molecular weight excluding hydrogens is 653 g/mol. The third-order valence-corrected chi connectivity index (χ3v) is 10.6. The molecule has 4 aromatic carbocycles. The van der Waals surface area contributed by atoms with E-state index in [2.05, 4.69) is 5.32 Å². The molecule has 248 valence electrons. The van der Waals surface area contributed by atoms with E-state index in [1.807, 2.05) is 77.1 Å². The fraction of sp³-hybridized carbons (Fsp3) is 0.297. The normalized spacial score (nSPS) is 12.7. The Morgan fingerprint density at radius 3 is 2.09 bits per heavy atom. The molecular formula is C37H41Cl2N3O4S. The summed E-state index contributed by atoms with van der Waals surface area (Å²) in [5.74, 6) is -0.886. The van der Waals surface area contributed by atoms with Crippen molar-refractivity contribution in [2.75, 3.05) is 10.8 Å². The number of hydrogen-bond acceptors (Lipinski definition) is 4. The highest BCUT2D eigenvalue weighted by Gasteiger charge is 2.35. The van der Waals surface area contributed by atoms with Crippen LogP contribution >= 0.6 is 23.2 Å². The van der Waals surface area contributed by atoms with Crippen molar-refractivity contribution in [1.29, 1.82) is 0 Å². The van der Waals surface area contributed by atoms with Crippen LogP contribution in [0, 0.1) is 20.8 Å². The van der Waals surface area contributed by atoms with Crippen LogP contribution in [0.3, 0.4) is 0 Å². The predicted octanol–water partition coefficient (Wildman–Crippen LogP) is 7.67. The van der Waals surface area contributed by atoms with E-state index in [0.717, 1.165) is 21.0 Å². The lowest BCUT2D eigenvalue weighted by Gasteiger charge is -2.34. The van der Waals surface area contributed by atoms with Crippen molar-refractivity contribution in [3.63, 3.8) is 0 Å². The Labute approximate surface area is 288 Å². The number of benzene rings is 4. The minimum Gasteiger partial charge on any atom is -0.352 e. The van der Waals surface area contributed by atoms with E-state index in [1.54, 1.807) is 36.4 Å². The quantitative estimate of drug-likeness (QED) is 0.156. The Hall–Kier alpha value is -3.85. The summed E-state index contributed by atoms with van der Waals surface area (Å²) in [5, 5.41) is 3.70. The Balaban J connectivity index is 1.85. The minimum absolute atomic E-state index is 0.00749. The van der Waals surface area contributed by atoms with Crippen molar-refractivity contribution in [1.82, 2.24) is 10.2 Å². The van der Waals surface area contributed by atoms with Gasteiger partial charge in [-0.3, -0.25) is 13.9 Å². The van der Waals surface area contributed by atoms with Gasteiger partial charge in [-0.1, -0.05) is 102 Å². The summed E-state index contributed by atoms with van der Waals surface area (Å²) in [6.45, 7) is 8.93. The number of sulfonamides is 1. The molecule has 4 aromatic rings. The number of hydrogen-bond donors (Lipinski definition) is 1. The maximum Gasteiger partial charge on any atom is 0.264 e. The second kappa shape index (κ2) is 15.8. The number of halogens is 2. The second-order valence-electron chi connectivity index (χ2n) is 11.9. The lowest BCUT2D eigenvalue weighted by Crippen LogP contribution is -2.54. The van der Waals surface area contributed by atoms with Gasteiger partial charge in [0, 0.05) is 19.0 Å². The lowest BCUT2D eigenvalue weighted by molar-refractivity contribution is -0.140. The van der Waals surface area contributed by atoms with Crippen molar-refractivity contribution in [2.24, 2.45) is 0 Å². The lowest BCUT2D eigenvalue weighted by atomic mass is 10.0. The summed E-state index contributed by atoms with van der Waals surface area (Å²) in [6, 6.07) is 25.3. The summed E-state index contributed by atoms with van der Waals surface area (Å²) in [4.78, 5) is 30.2. The molecule has 0 saturated heterocycles.